The molecular weight excluding hydrogens is 437 g/mol. The van der Waals surface area contributed by atoms with Gasteiger partial charge < -0.3 is 4.74 Å². The van der Waals surface area contributed by atoms with Gasteiger partial charge in [0.1, 0.15) is 5.75 Å². The molecule has 4 nitrogen and oxygen atoms in total. The van der Waals surface area contributed by atoms with E-state index in [9.17, 15) is 0 Å². The van der Waals surface area contributed by atoms with Crippen molar-refractivity contribution in [3.05, 3.63) is 87.9 Å². The van der Waals surface area contributed by atoms with Crippen molar-refractivity contribution < 1.29 is 4.74 Å². The Balaban J connectivity index is 1.75. The zero-order valence-electron chi connectivity index (χ0n) is 16.5. The van der Waals surface area contributed by atoms with E-state index in [1.807, 2.05) is 48.5 Å². The first-order valence-corrected chi connectivity index (χ1v) is 11.0. The monoisotopic (exact) mass is 455 g/mol. The normalized spacial score (nSPS) is 10.9. The molecule has 0 aliphatic heterocycles. The summed E-state index contributed by atoms with van der Waals surface area (Å²) in [6.07, 6.45) is 0. The van der Waals surface area contributed by atoms with Gasteiger partial charge >= 0.3 is 0 Å². The average molecular weight is 456 g/mol. The van der Waals surface area contributed by atoms with E-state index in [1.165, 1.54) is 0 Å². The molecule has 4 rings (SSSR count). The van der Waals surface area contributed by atoms with Crippen LogP contribution in [0.15, 0.2) is 71.9 Å². The maximum Gasteiger partial charge on any atom is 0.196 e. The van der Waals surface area contributed by atoms with E-state index in [4.69, 9.17) is 27.9 Å². The second kappa shape index (κ2) is 9.13. The summed E-state index contributed by atoms with van der Waals surface area (Å²) in [5.41, 5.74) is 4.13. The first-order chi connectivity index (χ1) is 14.6. The number of methoxy groups -OCH3 is 1. The Labute approximate surface area is 189 Å². The Morgan fingerprint density at radius 3 is 2.43 bits per heavy atom. The van der Waals surface area contributed by atoms with Crippen LogP contribution >= 0.6 is 35.0 Å². The molecule has 0 fully saturated rings. The third-order valence-electron chi connectivity index (χ3n) is 4.71. The highest BCUT2D eigenvalue weighted by atomic mass is 35.5. The Morgan fingerprint density at radius 1 is 0.967 bits per heavy atom. The van der Waals surface area contributed by atoms with Gasteiger partial charge in [0.25, 0.3) is 0 Å². The van der Waals surface area contributed by atoms with Gasteiger partial charge in [0.05, 0.1) is 12.8 Å². The highest BCUT2D eigenvalue weighted by molar-refractivity contribution is 7.98. The summed E-state index contributed by atoms with van der Waals surface area (Å²) in [5, 5.41) is 11.1. The molecule has 7 heteroatoms. The summed E-state index contributed by atoms with van der Waals surface area (Å²) in [7, 11) is 1.65. The minimum Gasteiger partial charge on any atom is -0.497 e. The van der Waals surface area contributed by atoms with Crippen LogP contribution in [0.2, 0.25) is 10.0 Å². The van der Waals surface area contributed by atoms with E-state index in [0.717, 1.165) is 39.1 Å². The van der Waals surface area contributed by atoms with Crippen molar-refractivity contribution >= 4 is 35.0 Å². The molecule has 0 saturated carbocycles. The molecule has 0 bridgehead atoms. The predicted octanol–water partition coefficient (Wildman–Crippen LogP) is 6.85. The van der Waals surface area contributed by atoms with Crippen molar-refractivity contribution in [2.45, 2.75) is 17.8 Å². The average Bonchev–Trinajstić information content (AvgIpc) is 3.17. The molecule has 0 spiro atoms. The molecule has 0 amide bonds. The number of aromatic nitrogens is 3. The van der Waals surface area contributed by atoms with Crippen molar-refractivity contribution in [1.82, 2.24) is 14.8 Å². The number of halogens is 2. The number of nitrogens with zero attached hydrogens (tertiary/aromatic N) is 3. The van der Waals surface area contributed by atoms with Crippen LogP contribution in [-0.2, 0) is 5.75 Å². The maximum atomic E-state index is 6.35. The van der Waals surface area contributed by atoms with Crippen molar-refractivity contribution in [2.24, 2.45) is 0 Å². The highest BCUT2D eigenvalue weighted by Crippen LogP contribution is 2.33. The van der Waals surface area contributed by atoms with Crippen LogP contribution in [0, 0.1) is 6.92 Å². The molecule has 0 radical (unpaired) electrons. The third kappa shape index (κ3) is 4.33. The predicted molar refractivity (Wildman–Crippen MR) is 124 cm³/mol. The zero-order chi connectivity index (χ0) is 21.1. The lowest BCUT2D eigenvalue weighted by Gasteiger charge is -2.13. The van der Waals surface area contributed by atoms with Crippen molar-refractivity contribution in [1.29, 1.82) is 0 Å². The van der Waals surface area contributed by atoms with E-state index in [0.29, 0.717) is 15.8 Å². The Morgan fingerprint density at radius 2 is 1.73 bits per heavy atom. The highest BCUT2D eigenvalue weighted by Gasteiger charge is 2.18. The fourth-order valence-electron chi connectivity index (χ4n) is 3.10. The van der Waals surface area contributed by atoms with Crippen molar-refractivity contribution in [3.8, 4) is 22.8 Å². The molecule has 152 valence electrons. The molecule has 30 heavy (non-hydrogen) atoms. The largest absolute Gasteiger partial charge is 0.497 e. The summed E-state index contributed by atoms with van der Waals surface area (Å²) >= 11 is 14.0. The lowest BCUT2D eigenvalue weighted by atomic mass is 10.1. The zero-order valence-corrected chi connectivity index (χ0v) is 18.8. The summed E-state index contributed by atoms with van der Waals surface area (Å²) < 4.78 is 7.37. The molecule has 0 saturated heterocycles. The van der Waals surface area contributed by atoms with Crippen LogP contribution in [-0.4, -0.2) is 21.9 Å². The standard InChI is InChI=1S/C23H19Cl2N3OS/c1-15-5-3-4-6-21(15)28-22(16-8-11-19(29-2)12-9-16)26-27-23(28)30-14-17-7-10-18(24)13-20(17)25/h3-13H,14H2,1-2H3. The molecule has 3 aromatic carbocycles. The first-order valence-electron chi connectivity index (χ1n) is 9.29. The quantitative estimate of drug-likeness (QED) is 0.298. The van der Waals surface area contributed by atoms with Gasteiger partial charge in [-0.05, 0) is 60.5 Å². The fraction of sp³-hybridized carbons (Fsp3) is 0.130. The van der Waals surface area contributed by atoms with E-state index in [-0.39, 0.29) is 0 Å². The number of rotatable bonds is 6. The van der Waals surface area contributed by atoms with Gasteiger partial charge in [-0.3, -0.25) is 4.57 Å². The number of benzene rings is 3. The molecule has 4 aromatic rings. The number of para-hydroxylation sites is 1. The molecule has 0 unspecified atom stereocenters. The topological polar surface area (TPSA) is 39.9 Å². The first kappa shape index (κ1) is 20.8. The smallest absolute Gasteiger partial charge is 0.196 e. The van der Waals surface area contributed by atoms with Crippen LogP contribution in [0.3, 0.4) is 0 Å². The minimum absolute atomic E-state index is 0.624. The second-order valence-electron chi connectivity index (χ2n) is 6.68. The molecule has 0 aliphatic carbocycles. The van der Waals surface area contributed by atoms with Crippen LogP contribution in [0.5, 0.6) is 5.75 Å². The van der Waals surface area contributed by atoms with Gasteiger partial charge in [-0.2, -0.15) is 0 Å². The van der Waals surface area contributed by atoms with Crippen LogP contribution in [0.25, 0.3) is 17.1 Å². The van der Waals surface area contributed by atoms with E-state index >= 15 is 0 Å². The van der Waals surface area contributed by atoms with E-state index < -0.39 is 0 Å². The number of ether oxygens (including phenoxy) is 1. The van der Waals surface area contributed by atoms with Gasteiger partial charge in [0.15, 0.2) is 11.0 Å². The number of hydrogen-bond donors (Lipinski definition) is 0. The number of thioether (sulfide) groups is 1. The number of aryl methyl sites for hydroxylation is 1. The Kier molecular flexibility index (Phi) is 6.32. The molecule has 0 aliphatic rings. The van der Waals surface area contributed by atoms with Gasteiger partial charge in [-0.1, -0.05) is 59.2 Å². The minimum atomic E-state index is 0.624. The summed E-state index contributed by atoms with van der Waals surface area (Å²) in [5.74, 6) is 2.23. The molecule has 1 aromatic heterocycles. The fourth-order valence-corrected chi connectivity index (χ4v) is 4.61. The summed E-state index contributed by atoms with van der Waals surface area (Å²) in [4.78, 5) is 0. The molecule has 0 N–H and O–H groups in total. The third-order valence-corrected chi connectivity index (χ3v) is 6.27. The van der Waals surface area contributed by atoms with Crippen molar-refractivity contribution in [3.63, 3.8) is 0 Å². The van der Waals surface area contributed by atoms with Crippen LogP contribution in [0.4, 0.5) is 0 Å². The second-order valence-corrected chi connectivity index (χ2v) is 8.47. The van der Waals surface area contributed by atoms with Gasteiger partial charge in [-0.25, -0.2) is 0 Å². The molecule has 0 atom stereocenters. The lowest BCUT2D eigenvalue weighted by molar-refractivity contribution is 0.415. The maximum absolute atomic E-state index is 6.35. The Bertz CT molecular complexity index is 1180. The van der Waals surface area contributed by atoms with E-state index in [1.54, 1.807) is 24.9 Å². The SMILES string of the molecule is COc1ccc(-c2nnc(SCc3ccc(Cl)cc3Cl)n2-c2ccccc2C)cc1. The summed E-state index contributed by atoms with van der Waals surface area (Å²) in [6.45, 7) is 2.08. The van der Waals surface area contributed by atoms with Crippen LogP contribution < -0.4 is 4.74 Å². The molecule has 1 heterocycles. The van der Waals surface area contributed by atoms with E-state index in [2.05, 4.69) is 33.8 Å². The van der Waals surface area contributed by atoms with Crippen LogP contribution in [0.1, 0.15) is 11.1 Å². The van der Waals surface area contributed by atoms with Gasteiger partial charge in [0.2, 0.25) is 0 Å². The number of hydrogen-bond acceptors (Lipinski definition) is 4. The van der Waals surface area contributed by atoms with Gasteiger partial charge in [-0.15, -0.1) is 10.2 Å². The van der Waals surface area contributed by atoms with Gasteiger partial charge in [0, 0.05) is 21.4 Å². The lowest BCUT2D eigenvalue weighted by Crippen LogP contribution is -2.02. The molecular formula is C23H19Cl2N3OS. The van der Waals surface area contributed by atoms with Crippen molar-refractivity contribution in [2.75, 3.05) is 7.11 Å². The summed E-state index contributed by atoms with van der Waals surface area (Å²) in [6, 6.07) is 21.6. The Hall–Kier alpha value is -2.47.